The molecule has 16 heavy (non-hydrogen) atoms. The van der Waals surface area contributed by atoms with Crippen molar-refractivity contribution in [1.29, 1.82) is 0 Å². The fourth-order valence-corrected chi connectivity index (χ4v) is 3.40. The first-order valence-corrected chi connectivity index (χ1v) is 6.67. The molecule has 0 aliphatic carbocycles. The zero-order valence-electron chi connectivity index (χ0n) is 9.48. The molecule has 2 aliphatic rings. The van der Waals surface area contributed by atoms with Gasteiger partial charge in [-0.15, -0.1) is 0 Å². The lowest BCUT2D eigenvalue weighted by Crippen LogP contribution is -2.41. The molecule has 1 aromatic rings. The molecule has 1 N–H and O–H groups in total. The molecular weight excluding hydrogens is 266 g/mol. The topological polar surface area (TPSA) is 21.3 Å². The number of hydrogen-bond acceptors (Lipinski definition) is 2. The summed E-state index contributed by atoms with van der Waals surface area (Å²) in [5.41, 5.74) is 2.67. The van der Waals surface area contributed by atoms with Crippen LogP contribution in [0.1, 0.15) is 24.0 Å². The largest absolute Gasteiger partial charge is 0.485 e. The predicted molar refractivity (Wildman–Crippen MR) is 68.0 cm³/mol. The second-order valence-electron chi connectivity index (χ2n) is 4.92. The van der Waals surface area contributed by atoms with E-state index in [1.807, 2.05) is 0 Å². The molecule has 1 saturated heterocycles. The van der Waals surface area contributed by atoms with Crippen LogP contribution in [0.3, 0.4) is 0 Å². The molecule has 3 heteroatoms. The van der Waals surface area contributed by atoms with Gasteiger partial charge in [0.2, 0.25) is 0 Å². The molecule has 1 spiro atoms. The first kappa shape index (κ1) is 10.6. The van der Waals surface area contributed by atoms with E-state index in [1.165, 1.54) is 11.1 Å². The van der Waals surface area contributed by atoms with Crippen molar-refractivity contribution in [1.82, 2.24) is 5.32 Å². The van der Waals surface area contributed by atoms with Crippen LogP contribution in [0.15, 0.2) is 16.6 Å². The molecule has 2 nitrogen and oxygen atoms in total. The summed E-state index contributed by atoms with van der Waals surface area (Å²) in [5, 5.41) is 3.41. The highest BCUT2D eigenvalue weighted by molar-refractivity contribution is 9.10. The minimum atomic E-state index is 0.0750. The van der Waals surface area contributed by atoms with Crippen molar-refractivity contribution in [3.63, 3.8) is 0 Å². The number of hydrogen-bond donors (Lipinski definition) is 1. The summed E-state index contributed by atoms with van der Waals surface area (Å²) in [6.07, 6.45) is 3.42. The molecule has 0 aromatic heterocycles. The first-order valence-electron chi connectivity index (χ1n) is 5.87. The van der Waals surface area contributed by atoms with E-state index in [2.05, 4.69) is 40.3 Å². The molecule has 3 rings (SSSR count). The van der Waals surface area contributed by atoms with Crippen LogP contribution in [-0.4, -0.2) is 18.7 Å². The second kappa shape index (κ2) is 3.74. The lowest BCUT2D eigenvalue weighted by Gasteiger charge is -2.36. The number of benzene rings is 1. The summed E-state index contributed by atoms with van der Waals surface area (Å²) in [7, 11) is 0. The van der Waals surface area contributed by atoms with Gasteiger partial charge in [-0.3, -0.25) is 0 Å². The predicted octanol–water partition coefficient (Wildman–Crippen LogP) is 2.81. The van der Waals surface area contributed by atoms with Crippen LogP contribution in [0.2, 0.25) is 0 Å². The van der Waals surface area contributed by atoms with Gasteiger partial charge in [-0.05, 0) is 49.6 Å². The number of aryl methyl sites for hydroxylation is 2. The van der Waals surface area contributed by atoms with Crippen molar-refractivity contribution >= 4 is 15.9 Å². The summed E-state index contributed by atoms with van der Waals surface area (Å²) >= 11 is 3.55. The average Bonchev–Trinajstić information content (AvgIpc) is 2.68. The van der Waals surface area contributed by atoms with Gasteiger partial charge >= 0.3 is 0 Å². The molecule has 2 heterocycles. The Hall–Kier alpha value is -0.540. The van der Waals surface area contributed by atoms with Crippen LogP contribution in [0.5, 0.6) is 5.75 Å². The van der Waals surface area contributed by atoms with E-state index < -0.39 is 0 Å². The fourth-order valence-electron chi connectivity index (χ4n) is 2.78. The van der Waals surface area contributed by atoms with Gasteiger partial charge in [0, 0.05) is 17.4 Å². The maximum atomic E-state index is 6.28. The Morgan fingerprint density at radius 3 is 3.00 bits per heavy atom. The normalized spacial score (nSPS) is 27.9. The Labute approximate surface area is 105 Å². The van der Waals surface area contributed by atoms with E-state index in [0.717, 1.165) is 42.6 Å². The van der Waals surface area contributed by atoms with Crippen LogP contribution >= 0.6 is 15.9 Å². The zero-order chi connectivity index (χ0) is 11.2. The molecule has 1 atom stereocenters. The average molecular weight is 282 g/mol. The van der Waals surface area contributed by atoms with Crippen molar-refractivity contribution in [3.8, 4) is 5.75 Å². The van der Waals surface area contributed by atoms with E-state index >= 15 is 0 Å². The van der Waals surface area contributed by atoms with Gasteiger partial charge in [-0.25, -0.2) is 0 Å². The monoisotopic (exact) mass is 281 g/mol. The number of ether oxygens (including phenoxy) is 1. The van der Waals surface area contributed by atoms with E-state index in [4.69, 9.17) is 4.74 Å². The fraction of sp³-hybridized carbons (Fsp3) is 0.538. The molecule has 0 amide bonds. The highest BCUT2D eigenvalue weighted by atomic mass is 79.9. The van der Waals surface area contributed by atoms with E-state index in [-0.39, 0.29) is 5.60 Å². The molecular formula is C13H16BrNO. The van der Waals surface area contributed by atoms with Crippen LogP contribution in [0.25, 0.3) is 0 Å². The van der Waals surface area contributed by atoms with E-state index in [9.17, 15) is 0 Å². The Balaban J connectivity index is 1.99. The molecule has 1 unspecified atom stereocenters. The van der Waals surface area contributed by atoms with Gasteiger partial charge in [0.05, 0.1) is 0 Å². The smallest absolute Gasteiger partial charge is 0.126 e. The number of fused-ring (bicyclic) bond motifs is 1. The maximum Gasteiger partial charge on any atom is 0.126 e. The number of nitrogens with one attached hydrogen (secondary N) is 1. The molecule has 0 bridgehead atoms. The number of rotatable bonds is 0. The highest BCUT2D eigenvalue weighted by Crippen LogP contribution is 2.39. The third-order valence-electron chi connectivity index (χ3n) is 3.69. The summed E-state index contributed by atoms with van der Waals surface area (Å²) in [6, 6.07) is 4.33. The van der Waals surface area contributed by atoms with Crippen LogP contribution in [-0.2, 0) is 6.42 Å². The summed E-state index contributed by atoms with van der Waals surface area (Å²) in [6.45, 7) is 4.22. The quantitative estimate of drug-likeness (QED) is 0.790. The molecule has 86 valence electrons. The highest BCUT2D eigenvalue weighted by Gasteiger charge is 2.39. The Kier molecular flexibility index (Phi) is 2.48. The summed E-state index contributed by atoms with van der Waals surface area (Å²) < 4.78 is 7.44. The van der Waals surface area contributed by atoms with Crippen molar-refractivity contribution in [3.05, 3.63) is 27.7 Å². The van der Waals surface area contributed by atoms with Crippen LogP contribution < -0.4 is 10.1 Å². The maximum absolute atomic E-state index is 6.28. The van der Waals surface area contributed by atoms with Crippen LogP contribution in [0.4, 0.5) is 0 Å². The summed E-state index contributed by atoms with van der Waals surface area (Å²) in [4.78, 5) is 0. The molecule has 1 aromatic carbocycles. The van der Waals surface area contributed by atoms with Gasteiger partial charge < -0.3 is 10.1 Å². The molecule has 0 saturated carbocycles. The van der Waals surface area contributed by atoms with Gasteiger partial charge in [0.15, 0.2) is 0 Å². The van der Waals surface area contributed by atoms with Gasteiger partial charge in [-0.2, -0.15) is 0 Å². The second-order valence-corrected chi connectivity index (χ2v) is 5.84. The van der Waals surface area contributed by atoms with Gasteiger partial charge in [-0.1, -0.05) is 15.9 Å². The SMILES string of the molecule is Cc1cc(Br)cc2c1OC1(CCNC1)CC2. The van der Waals surface area contributed by atoms with Gasteiger partial charge in [0.25, 0.3) is 0 Å². The Morgan fingerprint density at radius 1 is 1.38 bits per heavy atom. The minimum Gasteiger partial charge on any atom is -0.485 e. The third kappa shape index (κ3) is 1.66. The third-order valence-corrected chi connectivity index (χ3v) is 4.15. The minimum absolute atomic E-state index is 0.0750. The standard InChI is InChI=1S/C13H16BrNO/c1-9-6-11(14)7-10-2-3-13(16-12(9)10)4-5-15-8-13/h6-7,15H,2-5,8H2,1H3. The molecule has 1 fully saturated rings. The van der Waals surface area contributed by atoms with E-state index in [1.54, 1.807) is 0 Å². The lowest BCUT2D eigenvalue weighted by atomic mass is 9.89. The zero-order valence-corrected chi connectivity index (χ0v) is 11.1. The molecule has 0 radical (unpaired) electrons. The van der Waals surface area contributed by atoms with Crippen LogP contribution in [0, 0.1) is 6.92 Å². The Morgan fingerprint density at radius 2 is 2.25 bits per heavy atom. The van der Waals surface area contributed by atoms with Crippen molar-refractivity contribution < 1.29 is 4.74 Å². The Bertz CT molecular complexity index is 424. The van der Waals surface area contributed by atoms with E-state index in [0.29, 0.717) is 0 Å². The molecule has 2 aliphatic heterocycles. The van der Waals surface area contributed by atoms with Crippen molar-refractivity contribution in [2.24, 2.45) is 0 Å². The van der Waals surface area contributed by atoms with Crippen molar-refractivity contribution in [2.75, 3.05) is 13.1 Å². The summed E-state index contributed by atoms with van der Waals surface area (Å²) in [5.74, 6) is 1.12. The first-order chi connectivity index (χ1) is 7.69. The lowest BCUT2D eigenvalue weighted by molar-refractivity contribution is 0.0655. The number of halogens is 1. The van der Waals surface area contributed by atoms with Crippen molar-refractivity contribution in [2.45, 2.75) is 31.8 Å². The van der Waals surface area contributed by atoms with Gasteiger partial charge in [0.1, 0.15) is 11.4 Å².